The molecule has 0 radical (unpaired) electrons. The first-order valence-electron chi connectivity index (χ1n) is 9.02. The van der Waals surface area contributed by atoms with E-state index < -0.39 is 0 Å². The van der Waals surface area contributed by atoms with E-state index in [0.717, 1.165) is 6.04 Å². The topological polar surface area (TPSA) is 12.0 Å². The highest BCUT2D eigenvalue weighted by Gasteiger charge is 2.38. The fourth-order valence-electron chi connectivity index (χ4n) is 3.92. The first-order chi connectivity index (χ1) is 9.29. The lowest BCUT2D eigenvalue weighted by molar-refractivity contribution is 0.173. The molecule has 0 aromatic heterocycles. The van der Waals surface area contributed by atoms with E-state index >= 15 is 0 Å². The van der Waals surface area contributed by atoms with Crippen LogP contribution in [-0.4, -0.2) is 12.6 Å². The normalized spacial score (nSPS) is 19.7. The fourth-order valence-corrected chi connectivity index (χ4v) is 3.92. The van der Waals surface area contributed by atoms with Gasteiger partial charge in [0, 0.05) is 6.04 Å². The van der Waals surface area contributed by atoms with Gasteiger partial charge < -0.3 is 5.32 Å². The molecule has 1 saturated carbocycles. The van der Waals surface area contributed by atoms with Gasteiger partial charge >= 0.3 is 0 Å². The molecule has 1 nitrogen and oxygen atoms in total. The molecule has 1 heteroatoms. The molecule has 1 N–H and O–H groups in total. The molecule has 0 heterocycles. The predicted octanol–water partition coefficient (Wildman–Crippen LogP) is 5.69. The van der Waals surface area contributed by atoms with E-state index in [1.165, 1.54) is 83.6 Å². The van der Waals surface area contributed by atoms with Crippen LogP contribution in [0, 0.1) is 5.41 Å². The highest BCUT2D eigenvalue weighted by atomic mass is 14.9. The molecule has 0 aliphatic heterocycles. The lowest BCUT2D eigenvalue weighted by atomic mass is 9.74. The number of nitrogens with one attached hydrogen (secondary N) is 1. The first-order valence-corrected chi connectivity index (χ1v) is 9.02. The molecular weight excluding hydrogens is 230 g/mol. The SMILES string of the molecule is CCCCCCCC(NCCC)C1(CC)CCCC1. The van der Waals surface area contributed by atoms with Crippen LogP contribution in [0.5, 0.6) is 0 Å². The Morgan fingerprint density at radius 3 is 2.16 bits per heavy atom. The van der Waals surface area contributed by atoms with E-state index in [0.29, 0.717) is 5.41 Å². The third-order valence-corrected chi connectivity index (χ3v) is 5.28. The molecule has 1 fully saturated rings. The summed E-state index contributed by atoms with van der Waals surface area (Å²) in [4.78, 5) is 0. The van der Waals surface area contributed by atoms with Crippen LogP contribution in [0.25, 0.3) is 0 Å². The third-order valence-electron chi connectivity index (χ3n) is 5.28. The van der Waals surface area contributed by atoms with E-state index in [-0.39, 0.29) is 0 Å². The van der Waals surface area contributed by atoms with Crippen LogP contribution in [0.1, 0.15) is 97.8 Å². The maximum absolute atomic E-state index is 3.89. The Hall–Kier alpha value is -0.0400. The van der Waals surface area contributed by atoms with Crippen molar-refractivity contribution < 1.29 is 0 Å². The van der Waals surface area contributed by atoms with Crippen molar-refractivity contribution >= 4 is 0 Å². The Kier molecular flexibility index (Phi) is 8.77. The van der Waals surface area contributed by atoms with Crippen molar-refractivity contribution in [2.75, 3.05) is 6.54 Å². The van der Waals surface area contributed by atoms with Gasteiger partial charge in [0.2, 0.25) is 0 Å². The summed E-state index contributed by atoms with van der Waals surface area (Å²) >= 11 is 0. The second-order valence-corrected chi connectivity index (χ2v) is 6.63. The molecule has 1 atom stereocenters. The summed E-state index contributed by atoms with van der Waals surface area (Å²) in [6.07, 6.45) is 17.0. The van der Waals surface area contributed by atoms with Gasteiger partial charge in [0.15, 0.2) is 0 Å². The van der Waals surface area contributed by atoms with Crippen LogP contribution in [0.3, 0.4) is 0 Å². The molecule has 0 aromatic rings. The van der Waals surface area contributed by atoms with Gasteiger partial charge in [-0.05, 0) is 44.1 Å². The van der Waals surface area contributed by atoms with E-state index in [1.807, 2.05) is 0 Å². The molecule has 0 bridgehead atoms. The van der Waals surface area contributed by atoms with Crippen molar-refractivity contribution in [1.82, 2.24) is 5.32 Å². The lowest BCUT2D eigenvalue weighted by Crippen LogP contribution is -2.44. The van der Waals surface area contributed by atoms with Gasteiger partial charge in [-0.25, -0.2) is 0 Å². The minimum atomic E-state index is 0.639. The zero-order valence-corrected chi connectivity index (χ0v) is 13.8. The zero-order valence-electron chi connectivity index (χ0n) is 13.8. The first kappa shape index (κ1) is 17.0. The summed E-state index contributed by atoms with van der Waals surface area (Å²) in [5.41, 5.74) is 0.639. The molecule has 0 aromatic carbocycles. The van der Waals surface area contributed by atoms with Gasteiger partial charge in [0.1, 0.15) is 0 Å². The van der Waals surface area contributed by atoms with Crippen LogP contribution in [-0.2, 0) is 0 Å². The Bertz CT molecular complexity index is 206. The standard InChI is InChI=1S/C18H37N/c1-4-7-8-9-10-13-17(19-16-5-2)18(6-3)14-11-12-15-18/h17,19H,4-16H2,1-3H3. The van der Waals surface area contributed by atoms with Crippen molar-refractivity contribution in [3.8, 4) is 0 Å². The minimum Gasteiger partial charge on any atom is -0.313 e. The highest BCUT2D eigenvalue weighted by molar-refractivity contribution is 4.93. The van der Waals surface area contributed by atoms with Crippen molar-refractivity contribution in [2.45, 2.75) is 104 Å². The van der Waals surface area contributed by atoms with Gasteiger partial charge in [-0.3, -0.25) is 0 Å². The minimum absolute atomic E-state index is 0.639. The molecule has 1 rings (SSSR count). The molecular formula is C18H37N. The van der Waals surface area contributed by atoms with Gasteiger partial charge in [-0.15, -0.1) is 0 Å². The molecule has 1 unspecified atom stereocenters. The summed E-state index contributed by atoms with van der Waals surface area (Å²) < 4.78 is 0. The lowest BCUT2D eigenvalue weighted by Gasteiger charge is -2.38. The van der Waals surface area contributed by atoms with Crippen LogP contribution in [0.4, 0.5) is 0 Å². The average Bonchev–Trinajstić information content (AvgIpc) is 2.92. The summed E-state index contributed by atoms with van der Waals surface area (Å²) in [5, 5.41) is 3.89. The zero-order chi connectivity index (χ0) is 14.0. The predicted molar refractivity (Wildman–Crippen MR) is 86.6 cm³/mol. The van der Waals surface area contributed by atoms with E-state index in [4.69, 9.17) is 0 Å². The monoisotopic (exact) mass is 267 g/mol. The molecule has 1 aliphatic rings. The maximum Gasteiger partial charge on any atom is 0.0123 e. The molecule has 114 valence electrons. The molecule has 19 heavy (non-hydrogen) atoms. The van der Waals surface area contributed by atoms with Gasteiger partial charge in [-0.2, -0.15) is 0 Å². The van der Waals surface area contributed by atoms with Crippen molar-refractivity contribution in [3.05, 3.63) is 0 Å². The maximum atomic E-state index is 3.89. The summed E-state index contributed by atoms with van der Waals surface area (Å²) in [7, 11) is 0. The quantitative estimate of drug-likeness (QED) is 0.474. The Balaban J connectivity index is 2.41. The number of hydrogen-bond acceptors (Lipinski definition) is 1. The smallest absolute Gasteiger partial charge is 0.0123 e. The van der Waals surface area contributed by atoms with Crippen LogP contribution >= 0.6 is 0 Å². The molecule has 0 saturated heterocycles. The van der Waals surface area contributed by atoms with Crippen LogP contribution in [0.15, 0.2) is 0 Å². The Morgan fingerprint density at radius 1 is 0.895 bits per heavy atom. The second kappa shape index (κ2) is 9.80. The second-order valence-electron chi connectivity index (χ2n) is 6.63. The summed E-state index contributed by atoms with van der Waals surface area (Å²) in [6, 6.07) is 0.793. The Morgan fingerprint density at radius 2 is 1.58 bits per heavy atom. The van der Waals surface area contributed by atoms with Gasteiger partial charge in [0.25, 0.3) is 0 Å². The largest absolute Gasteiger partial charge is 0.313 e. The van der Waals surface area contributed by atoms with E-state index in [9.17, 15) is 0 Å². The third kappa shape index (κ3) is 5.45. The summed E-state index contributed by atoms with van der Waals surface area (Å²) in [6.45, 7) is 8.22. The van der Waals surface area contributed by atoms with Crippen molar-refractivity contribution in [2.24, 2.45) is 5.41 Å². The number of hydrogen-bond donors (Lipinski definition) is 1. The number of rotatable bonds is 11. The number of unbranched alkanes of at least 4 members (excludes halogenated alkanes) is 4. The van der Waals surface area contributed by atoms with Crippen LogP contribution < -0.4 is 5.32 Å². The van der Waals surface area contributed by atoms with E-state index in [1.54, 1.807) is 0 Å². The van der Waals surface area contributed by atoms with Crippen LogP contribution in [0.2, 0.25) is 0 Å². The van der Waals surface area contributed by atoms with E-state index in [2.05, 4.69) is 26.1 Å². The average molecular weight is 268 g/mol. The van der Waals surface area contributed by atoms with Crippen molar-refractivity contribution in [1.29, 1.82) is 0 Å². The van der Waals surface area contributed by atoms with Gasteiger partial charge in [-0.1, -0.05) is 65.7 Å². The highest BCUT2D eigenvalue weighted by Crippen LogP contribution is 2.45. The molecule has 0 spiro atoms. The van der Waals surface area contributed by atoms with Crippen molar-refractivity contribution in [3.63, 3.8) is 0 Å². The Labute approximate surface area is 121 Å². The molecule has 1 aliphatic carbocycles. The van der Waals surface area contributed by atoms with Gasteiger partial charge in [0.05, 0.1) is 0 Å². The summed E-state index contributed by atoms with van der Waals surface area (Å²) in [5.74, 6) is 0. The molecule has 0 amide bonds. The fraction of sp³-hybridized carbons (Fsp3) is 1.00.